The van der Waals surface area contributed by atoms with Gasteiger partial charge >= 0.3 is 0 Å². The van der Waals surface area contributed by atoms with E-state index >= 15 is 0 Å². The van der Waals surface area contributed by atoms with Crippen molar-refractivity contribution in [3.05, 3.63) is 42.4 Å². The maximum Gasteiger partial charge on any atom is 0.158 e. The molecule has 3 aromatic rings. The van der Waals surface area contributed by atoms with Gasteiger partial charge in [0.15, 0.2) is 5.82 Å². The second-order valence-corrected chi connectivity index (χ2v) is 5.41. The molecule has 5 heteroatoms. The summed E-state index contributed by atoms with van der Waals surface area (Å²) in [4.78, 5) is 8.85. The molecule has 0 saturated carbocycles. The number of pyridine rings is 1. The fourth-order valence-electron chi connectivity index (χ4n) is 2.84. The summed E-state index contributed by atoms with van der Waals surface area (Å²) in [6, 6.07) is 8.39. The number of rotatable bonds is 2. The van der Waals surface area contributed by atoms with Gasteiger partial charge in [-0.05, 0) is 42.7 Å². The van der Waals surface area contributed by atoms with Gasteiger partial charge in [-0.2, -0.15) is 0 Å². The molecule has 0 amide bonds. The molecule has 0 spiro atoms. The molecule has 0 atom stereocenters. The number of benzene rings is 1. The predicted octanol–water partition coefficient (Wildman–Crippen LogP) is 3.07. The van der Waals surface area contributed by atoms with Crippen LogP contribution in [0.5, 0.6) is 0 Å². The Labute approximate surface area is 123 Å². The van der Waals surface area contributed by atoms with Crippen LogP contribution in [0.25, 0.3) is 11.0 Å². The Balaban J connectivity index is 1.71. The highest BCUT2D eigenvalue weighted by Gasteiger charge is 2.11. The van der Waals surface area contributed by atoms with Crippen LogP contribution < -0.4 is 10.6 Å². The summed E-state index contributed by atoms with van der Waals surface area (Å²) in [6.07, 6.45) is 5.93. The monoisotopic (exact) mass is 279 g/mol. The van der Waals surface area contributed by atoms with Crippen molar-refractivity contribution < 1.29 is 0 Å². The van der Waals surface area contributed by atoms with E-state index in [-0.39, 0.29) is 0 Å². The fraction of sp³-hybridized carbons (Fsp3) is 0.250. The van der Waals surface area contributed by atoms with Gasteiger partial charge in [-0.1, -0.05) is 0 Å². The van der Waals surface area contributed by atoms with Gasteiger partial charge in [-0.3, -0.25) is 0 Å². The summed E-state index contributed by atoms with van der Waals surface area (Å²) in [5, 5.41) is 6.82. The number of nitrogens with zero attached hydrogens (tertiary/aromatic N) is 3. The predicted molar refractivity (Wildman–Crippen MR) is 85.0 cm³/mol. The SMILES string of the molecule is Cn1cnc2c(Nc3ccc4c(c3)CCCN4)nccc21. The van der Waals surface area contributed by atoms with Gasteiger partial charge in [0, 0.05) is 31.2 Å². The van der Waals surface area contributed by atoms with Gasteiger partial charge in [-0.15, -0.1) is 0 Å². The number of nitrogens with one attached hydrogen (secondary N) is 2. The summed E-state index contributed by atoms with van der Waals surface area (Å²) in [7, 11) is 1.99. The number of hydrogen-bond donors (Lipinski definition) is 2. The largest absolute Gasteiger partial charge is 0.385 e. The van der Waals surface area contributed by atoms with Crippen LogP contribution in [0.3, 0.4) is 0 Å². The Morgan fingerprint density at radius 1 is 1.24 bits per heavy atom. The highest BCUT2D eigenvalue weighted by Crippen LogP contribution is 2.28. The second-order valence-electron chi connectivity index (χ2n) is 5.41. The third-order valence-electron chi connectivity index (χ3n) is 3.95. The lowest BCUT2D eigenvalue weighted by Crippen LogP contribution is -2.11. The van der Waals surface area contributed by atoms with E-state index in [0.29, 0.717) is 0 Å². The van der Waals surface area contributed by atoms with E-state index in [4.69, 9.17) is 0 Å². The van der Waals surface area contributed by atoms with Crippen LogP contribution in [0.15, 0.2) is 36.8 Å². The lowest BCUT2D eigenvalue weighted by atomic mass is 10.0. The first-order chi connectivity index (χ1) is 10.3. The van der Waals surface area contributed by atoms with Crippen LogP contribution in [-0.2, 0) is 13.5 Å². The first-order valence-electron chi connectivity index (χ1n) is 7.21. The molecule has 0 saturated heterocycles. The Kier molecular flexibility index (Phi) is 2.77. The maximum atomic E-state index is 4.43. The van der Waals surface area contributed by atoms with Gasteiger partial charge in [0.1, 0.15) is 5.52 Å². The number of fused-ring (bicyclic) bond motifs is 2. The molecule has 1 aromatic carbocycles. The van der Waals surface area contributed by atoms with Crippen LogP contribution in [-0.4, -0.2) is 21.1 Å². The number of anilines is 3. The number of hydrogen-bond acceptors (Lipinski definition) is 4. The molecule has 1 aliphatic heterocycles. The van der Waals surface area contributed by atoms with Gasteiger partial charge < -0.3 is 15.2 Å². The number of aryl methyl sites for hydroxylation is 2. The fourth-order valence-corrected chi connectivity index (χ4v) is 2.84. The molecule has 21 heavy (non-hydrogen) atoms. The summed E-state index contributed by atoms with van der Waals surface area (Å²) < 4.78 is 2.00. The molecule has 0 unspecified atom stereocenters. The van der Waals surface area contributed by atoms with Crippen molar-refractivity contribution in [1.82, 2.24) is 14.5 Å². The third-order valence-corrected chi connectivity index (χ3v) is 3.95. The van der Waals surface area contributed by atoms with Crippen LogP contribution in [0.4, 0.5) is 17.2 Å². The van der Waals surface area contributed by atoms with E-state index < -0.39 is 0 Å². The smallest absolute Gasteiger partial charge is 0.158 e. The highest BCUT2D eigenvalue weighted by atomic mass is 15.1. The minimum atomic E-state index is 0.803. The zero-order valence-corrected chi connectivity index (χ0v) is 11.9. The molecular weight excluding hydrogens is 262 g/mol. The van der Waals surface area contributed by atoms with E-state index in [1.807, 2.05) is 30.2 Å². The molecule has 2 aromatic heterocycles. The molecule has 3 heterocycles. The normalized spacial score (nSPS) is 13.8. The Bertz CT molecular complexity index is 806. The molecule has 1 aliphatic rings. The summed E-state index contributed by atoms with van der Waals surface area (Å²) in [6.45, 7) is 1.06. The molecule has 4 rings (SSSR count). The minimum absolute atomic E-state index is 0.803. The van der Waals surface area contributed by atoms with Gasteiger partial charge in [0.05, 0.1) is 11.8 Å². The molecule has 5 nitrogen and oxygen atoms in total. The quantitative estimate of drug-likeness (QED) is 0.757. The van der Waals surface area contributed by atoms with Crippen LogP contribution in [0.1, 0.15) is 12.0 Å². The van der Waals surface area contributed by atoms with Crippen molar-refractivity contribution >= 4 is 28.2 Å². The molecule has 0 fully saturated rings. The molecule has 0 radical (unpaired) electrons. The molecule has 0 aliphatic carbocycles. The van der Waals surface area contributed by atoms with Crippen LogP contribution >= 0.6 is 0 Å². The van der Waals surface area contributed by atoms with Crippen LogP contribution in [0, 0.1) is 0 Å². The summed E-state index contributed by atoms with van der Waals surface area (Å²) in [5.41, 5.74) is 5.64. The first-order valence-corrected chi connectivity index (χ1v) is 7.21. The average Bonchev–Trinajstić information content (AvgIpc) is 2.90. The van der Waals surface area contributed by atoms with Crippen molar-refractivity contribution in [2.45, 2.75) is 12.8 Å². The number of aromatic nitrogens is 3. The Morgan fingerprint density at radius 3 is 3.14 bits per heavy atom. The summed E-state index contributed by atoms with van der Waals surface area (Å²) in [5.74, 6) is 0.803. The van der Waals surface area contributed by atoms with E-state index in [1.165, 1.54) is 17.7 Å². The zero-order chi connectivity index (χ0) is 14.2. The first kappa shape index (κ1) is 12.2. The maximum absolute atomic E-state index is 4.43. The van der Waals surface area contributed by atoms with Crippen molar-refractivity contribution in [3.63, 3.8) is 0 Å². The van der Waals surface area contributed by atoms with E-state index in [0.717, 1.165) is 35.5 Å². The third kappa shape index (κ3) is 2.11. The van der Waals surface area contributed by atoms with Gasteiger partial charge in [-0.25, -0.2) is 9.97 Å². The zero-order valence-electron chi connectivity index (χ0n) is 11.9. The Hall–Kier alpha value is -2.56. The van der Waals surface area contributed by atoms with E-state index in [1.54, 1.807) is 0 Å². The average molecular weight is 279 g/mol. The Morgan fingerprint density at radius 2 is 2.19 bits per heavy atom. The van der Waals surface area contributed by atoms with Crippen molar-refractivity contribution in [1.29, 1.82) is 0 Å². The van der Waals surface area contributed by atoms with E-state index in [2.05, 4.69) is 38.8 Å². The topological polar surface area (TPSA) is 54.8 Å². The minimum Gasteiger partial charge on any atom is -0.385 e. The van der Waals surface area contributed by atoms with Gasteiger partial charge in [0.25, 0.3) is 0 Å². The van der Waals surface area contributed by atoms with Crippen molar-refractivity contribution in [2.24, 2.45) is 7.05 Å². The number of imidazole rings is 1. The summed E-state index contributed by atoms with van der Waals surface area (Å²) >= 11 is 0. The highest BCUT2D eigenvalue weighted by molar-refractivity contribution is 5.87. The van der Waals surface area contributed by atoms with Crippen LogP contribution in [0.2, 0.25) is 0 Å². The van der Waals surface area contributed by atoms with Gasteiger partial charge in [0.2, 0.25) is 0 Å². The lowest BCUT2D eigenvalue weighted by molar-refractivity contribution is 0.830. The second kappa shape index (κ2) is 4.77. The van der Waals surface area contributed by atoms with Crippen molar-refractivity contribution in [3.8, 4) is 0 Å². The molecular formula is C16H17N5. The lowest BCUT2D eigenvalue weighted by Gasteiger charge is -2.19. The van der Waals surface area contributed by atoms with E-state index in [9.17, 15) is 0 Å². The van der Waals surface area contributed by atoms with Crippen molar-refractivity contribution in [2.75, 3.05) is 17.2 Å². The molecule has 106 valence electrons. The molecule has 2 N–H and O–H groups in total. The molecule has 0 bridgehead atoms. The standard InChI is InChI=1S/C16H17N5/c1-21-10-19-15-14(21)6-8-18-16(15)20-12-4-5-13-11(9-12)3-2-7-17-13/h4-6,8-10,17H,2-3,7H2,1H3,(H,18,20).